The second-order valence-electron chi connectivity index (χ2n) is 4.95. The average molecular weight is 263 g/mol. The second kappa shape index (κ2) is 5.21. The predicted octanol–water partition coefficient (Wildman–Crippen LogP) is 3.45. The molecular formula is C17H17N3. The van der Waals surface area contributed by atoms with Crippen LogP contribution in [0.15, 0.2) is 60.8 Å². The maximum absolute atomic E-state index is 6.01. The number of nitrogens with zero attached hydrogens (tertiary/aromatic N) is 2. The van der Waals surface area contributed by atoms with E-state index in [1.807, 2.05) is 36.5 Å². The van der Waals surface area contributed by atoms with Crippen LogP contribution in [-0.2, 0) is 6.54 Å². The molecular weight excluding hydrogens is 246 g/mol. The van der Waals surface area contributed by atoms with E-state index in [1.165, 1.54) is 10.9 Å². The van der Waals surface area contributed by atoms with E-state index >= 15 is 0 Å². The Labute approximate surface area is 118 Å². The summed E-state index contributed by atoms with van der Waals surface area (Å²) in [5, 5.41) is 1.17. The van der Waals surface area contributed by atoms with E-state index in [-0.39, 0.29) is 0 Å². The van der Waals surface area contributed by atoms with Gasteiger partial charge >= 0.3 is 0 Å². The lowest BCUT2D eigenvalue weighted by Crippen LogP contribution is -2.17. The van der Waals surface area contributed by atoms with Crippen molar-refractivity contribution in [2.24, 2.45) is 0 Å². The molecule has 0 amide bonds. The maximum atomic E-state index is 6.01. The van der Waals surface area contributed by atoms with E-state index in [9.17, 15) is 0 Å². The second-order valence-corrected chi connectivity index (χ2v) is 4.95. The van der Waals surface area contributed by atoms with E-state index in [1.54, 1.807) is 0 Å². The minimum Gasteiger partial charge on any atom is -0.397 e. The van der Waals surface area contributed by atoms with E-state index in [4.69, 9.17) is 5.73 Å². The van der Waals surface area contributed by atoms with Crippen molar-refractivity contribution in [1.29, 1.82) is 0 Å². The molecule has 0 bridgehead atoms. The van der Waals surface area contributed by atoms with Gasteiger partial charge in [-0.25, -0.2) is 0 Å². The fourth-order valence-electron chi connectivity index (χ4n) is 2.42. The van der Waals surface area contributed by atoms with Crippen molar-refractivity contribution in [2.75, 3.05) is 17.7 Å². The van der Waals surface area contributed by atoms with Gasteiger partial charge in [-0.3, -0.25) is 4.98 Å². The Bertz CT molecular complexity index is 737. The SMILES string of the molecule is CN(Cc1ccc2ncccc2c1)c1ccccc1N. The number of pyridine rings is 1. The molecule has 1 aromatic heterocycles. The lowest BCUT2D eigenvalue weighted by atomic mass is 10.1. The largest absolute Gasteiger partial charge is 0.397 e. The van der Waals surface area contributed by atoms with Gasteiger partial charge in [0.1, 0.15) is 0 Å². The first kappa shape index (κ1) is 12.5. The monoisotopic (exact) mass is 263 g/mol. The minimum absolute atomic E-state index is 0.803. The van der Waals surface area contributed by atoms with Crippen LogP contribution in [0.4, 0.5) is 11.4 Å². The molecule has 0 saturated heterocycles. The lowest BCUT2D eigenvalue weighted by Gasteiger charge is -2.21. The van der Waals surface area contributed by atoms with Crippen molar-refractivity contribution in [3.05, 3.63) is 66.4 Å². The van der Waals surface area contributed by atoms with Crippen LogP contribution in [0.1, 0.15) is 5.56 Å². The zero-order chi connectivity index (χ0) is 13.9. The highest BCUT2D eigenvalue weighted by Gasteiger charge is 2.05. The van der Waals surface area contributed by atoms with Gasteiger partial charge in [0.05, 0.1) is 16.9 Å². The number of aromatic nitrogens is 1. The third kappa shape index (κ3) is 2.43. The zero-order valence-corrected chi connectivity index (χ0v) is 11.5. The van der Waals surface area contributed by atoms with Crippen LogP contribution in [0.3, 0.4) is 0 Å². The first-order chi connectivity index (χ1) is 9.74. The molecule has 0 aliphatic heterocycles. The van der Waals surface area contributed by atoms with Gasteiger partial charge in [-0.05, 0) is 35.9 Å². The van der Waals surface area contributed by atoms with E-state index in [2.05, 4.69) is 41.2 Å². The fraction of sp³-hybridized carbons (Fsp3) is 0.118. The molecule has 0 spiro atoms. The van der Waals surface area contributed by atoms with Gasteiger partial charge in [-0.1, -0.05) is 24.3 Å². The van der Waals surface area contributed by atoms with Crippen LogP contribution >= 0.6 is 0 Å². The summed E-state index contributed by atoms with van der Waals surface area (Å²) in [6.45, 7) is 0.818. The third-order valence-electron chi connectivity index (χ3n) is 3.44. The maximum Gasteiger partial charge on any atom is 0.0702 e. The van der Waals surface area contributed by atoms with E-state index in [0.717, 1.165) is 23.4 Å². The normalized spacial score (nSPS) is 10.7. The Morgan fingerprint density at radius 3 is 2.75 bits per heavy atom. The first-order valence-electron chi connectivity index (χ1n) is 6.63. The topological polar surface area (TPSA) is 42.2 Å². The molecule has 0 aliphatic carbocycles. The van der Waals surface area contributed by atoms with Gasteiger partial charge in [-0.15, -0.1) is 0 Å². The molecule has 100 valence electrons. The van der Waals surface area contributed by atoms with Crippen LogP contribution in [0, 0.1) is 0 Å². The number of benzene rings is 2. The number of nitrogens with two attached hydrogens (primary N) is 1. The fourth-order valence-corrected chi connectivity index (χ4v) is 2.42. The van der Waals surface area contributed by atoms with E-state index < -0.39 is 0 Å². The molecule has 0 radical (unpaired) electrons. The number of hydrogen-bond donors (Lipinski definition) is 1. The van der Waals surface area contributed by atoms with Crippen LogP contribution < -0.4 is 10.6 Å². The number of para-hydroxylation sites is 2. The van der Waals surface area contributed by atoms with Crippen molar-refractivity contribution in [2.45, 2.75) is 6.54 Å². The summed E-state index contributed by atoms with van der Waals surface area (Å²) < 4.78 is 0. The summed E-state index contributed by atoms with van der Waals surface area (Å²) in [7, 11) is 2.05. The number of anilines is 2. The highest BCUT2D eigenvalue weighted by molar-refractivity contribution is 5.79. The molecule has 3 rings (SSSR count). The highest BCUT2D eigenvalue weighted by atomic mass is 15.1. The summed E-state index contributed by atoms with van der Waals surface area (Å²) in [5.74, 6) is 0. The standard InChI is InChI=1S/C17H17N3/c1-20(17-7-3-2-6-15(17)18)12-13-8-9-16-14(11-13)5-4-10-19-16/h2-11H,12,18H2,1H3. The molecule has 3 nitrogen and oxygen atoms in total. The van der Waals surface area contributed by atoms with Crippen molar-refractivity contribution < 1.29 is 0 Å². The summed E-state index contributed by atoms with van der Waals surface area (Å²) >= 11 is 0. The Morgan fingerprint density at radius 1 is 1.05 bits per heavy atom. The quantitative estimate of drug-likeness (QED) is 0.736. The van der Waals surface area contributed by atoms with Crippen molar-refractivity contribution in [3.63, 3.8) is 0 Å². The van der Waals surface area contributed by atoms with E-state index in [0.29, 0.717) is 0 Å². The molecule has 20 heavy (non-hydrogen) atoms. The van der Waals surface area contributed by atoms with Gasteiger partial charge in [0.15, 0.2) is 0 Å². The third-order valence-corrected chi connectivity index (χ3v) is 3.44. The molecule has 0 unspecified atom stereocenters. The molecule has 1 heterocycles. The molecule has 2 aromatic carbocycles. The summed E-state index contributed by atoms with van der Waals surface area (Å²) in [5.41, 5.74) is 10.1. The van der Waals surface area contributed by atoms with Gasteiger partial charge < -0.3 is 10.6 Å². The Balaban J connectivity index is 1.87. The number of fused-ring (bicyclic) bond motifs is 1. The number of hydrogen-bond acceptors (Lipinski definition) is 3. The molecule has 0 fully saturated rings. The first-order valence-corrected chi connectivity index (χ1v) is 6.63. The zero-order valence-electron chi connectivity index (χ0n) is 11.5. The van der Waals surface area contributed by atoms with Gasteiger partial charge in [0, 0.05) is 25.2 Å². The smallest absolute Gasteiger partial charge is 0.0702 e. The Kier molecular flexibility index (Phi) is 3.25. The molecule has 0 saturated carbocycles. The van der Waals surface area contributed by atoms with Gasteiger partial charge in [0.25, 0.3) is 0 Å². The van der Waals surface area contributed by atoms with Gasteiger partial charge in [0.2, 0.25) is 0 Å². The van der Waals surface area contributed by atoms with Crippen LogP contribution in [-0.4, -0.2) is 12.0 Å². The molecule has 0 atom stereocenters. The number of nitrogen functional groups attached to an aromatic ring is 1. The van der Waals surface area contributed by atoms with Crippen LogP contribution in [0.2, 0.25) is 0 Å². The van der Waals surface area contributed by atoms with Crippen LogP contribution in [0.5, 0.6) is 0 Å². The molecule has 2 N–H and O–H groups in total. The lowest BCUT2D eigenvalue weighted by molar-refractivity contribution is 0.926. The minimum atomic E-state index is 0.803. The Hall–Kier alpha value is -2.55. The summed E-state index contributed by atoms with van der Waals surface area (Å²) in [6, 6.07) is 18.3. The van der Waals surface area contributed by atoms with Crippen molar-refractivity contribution in [3.8, 4) is 0 Å². The number of rotatable bonds is 3. The predicted molar refractivity (Wildman–Crippen MR) is 84.7 cm³/mol. The highest BCUT2D eigenvalue weighted by Crippen LogP contribution is 2.23. The van der Waals surface area contributed by atoms with Crippen molar-refractivity contribution >= 4 is 22.3 Å². The summed E-state index contributed by atoms with van der Waals surface area (Å²) in [4.78, 5) is 6.50. The Morgan fingerprint density at radius 2 is 1.90 bits per heavy atom. The van der Waals surface area contributed by atoms with Gasteiger partial charge in [-0.2, -0.15) is 0 Å². The molecule has 0 aliphatic rings. The summed E-state index contributed by atoms with van der Waals surface area (Å²) in [6.07, 6.45) is 1.82. The van der Waals surface area contributed by atoms with Crippen LogP contribution in [0.25, 0.3) is 10.9 Å². The average Bonchev–Trinajstić information content (AvgIpc) is 2.47. The van der Waals surface area contributed by atoms with Crippen molar-refractivity contribution in [1.82, 2.24) is 4.98 Å². The molecule has 3 heteroatoms. The molecule has 3 aromatic rings.